The summed E-state index contributed by atoms with van der Waals surface area (Å²) in [5, 5.41) is 0.487. The highest BCUT2D eigenvalue weighted by molar-refractivity contribution is 6.31. The van der Waals surface area contributed by atoms with E-state index in [0.717, 1.165) is 0 Å². The second-order valence-corrected chi connectivity index (χ2v) is 8.05. The average molecular weight is 424 g/mol. The van der Waals surface area contributed by atoms with E-state index >= 15 is 0 Å². The second-order valence-electron chi connectivity index (χ2n) is 7.61. The quantitative estimate of drug-likeness (QED) is 0.764. The largest absolute Gasteiger partial charge is 0.462 e. The minimum atomic E-state index is -2.90. The summed E-state index contributed by atoms with van der Waals surface area (Å²) in [4.78, 5) is 8.39. The highest BCUT2D eigenvalue weighted by Gasteiger charge is 2.62. The predicted octanol–water partition coefficient (Wildman–Crippen LogP) is 4.87. The molecule has 2 aliphatic carbocycles. The number of benzene rings is 1. The number of nitrogens with zero attached hydrogens (tertiary/aromatic N) is 2. The highest BCUT2D eigenvalue weighted by atomic mass is 35.5. The second kappa shape index (κ2) is 6.52. The van der Waals surface area contributed by atoms with Crippen molar-refractivity contribution in [2.45, 2.75) is 37.3 Å². The van der Waals surface area contributed by atoms with Crippen molar-refractivity contribution in [2.75, 3.05) is 0 Å². The van der Waals surface area contributed by atoms with Gasteiger partial charge in [0.1, 0.15) is 23.0 Å². The number of rotatable bonds is 3. The van der Waals surface area contributed by atoms with Gasteiger partial charge in [0.05, 0.1) is 0 Å². The van der Waals surface area contributed by atoms with Crippen LogP contribution < -0.4 is 5.73 Å². The van der Waals surface area contributed by atoms with Crippen LogP contribution >= 0.6 is 11.6 Å². The topological polar surface area (TPSA) is 73.6 Å². The van der Waals surface area contributed by atoms with Crippen LogP contribution in [0.2, 0.25) is 5.02 Å². The molecule has 2 heterocycles. The average Bonchev–Trinajstić information content (AvgIpc) is 3.07. The smallest absolute Gasteiger partial charge is 0.282 e. The van der Waals surface area contributed by atoms with Crippen LogP contribution in [0.15, 0.2) is 45.6 Å². The van der Waals surface area contributed by atoms with Crippen molar-refractivity contribution >= 4 is 34.3 Å². The number of ether oxygens (including phenoxy) is 1. The Morgan fingerprint density at radius 3 is 2.79 bits per heavy atom. The Labute approximate surface area is 169 Å². The Morgan fingerprint density at radius 2 is 2.07 bits per heavy atom. The maximum Gasteiger partial charge on any atom is 0.282 e. The van der Waals surface area contributed by atoms with Crippen LogP contribution in [0.5, 0.6) is 0 Å². The van der Waals surface area contributed by atoms with E-state index in [1.165, 1.54) is 12.2 Å². The van der Waals surface area contributed by atoms with Gasteiger partial charge >= 0.3 is 0 Å². The SMILES string of the molecule is NC1=NC(C(F)F)(C2CC(c3nc4ccc(Cl)cc4o3)=CC=C2F)C2CCC2O1. The molecule has 0 amide bonds. The molecular weight excluding hydrogens is 407 g/mol. The molecule has 0 spiro atoms. The molecule has 0 radical (unpaired) electrons. The third-order valence-corrected chi connectivity index (χ3v) is 6.35. The zero-order valence-electron chi connectivity index (χ0n) is 15.1. The molecule has 1 aromatic heterocycles. The molecule has 2 N–H and O–H groups in total. The molecule has 5 rings (SSSR count). The fraction of sp³-hybridized carbons (Fsp3) is 0.400. The molecule has 1 saturated carbocycles. The number of hydrogen-bond acceptors (Lipinski definition) is 5. The molecule has 29 heavy (non-hydrogen) atoms. The van der Waals surface area contributed by atoms with Crippen molar-refractivity contribution < 1.29 is 22.3 Å². The zero-order valence-corrected chi connectivity index (χ0v) is 15.9. The van der Waals surface area contributed by atoms with Gasteiger partial charge in [0, 0.05) is 28.5 Å². The summed E-state index contributed by atoms with van der Waals surface area (Å²) < 4.78 is 54.9. The molecule has 0 saturated heterocycles. The molecule has 4 unspecified atom stereocenters. The van der Waals surface area contributed by atoms with Crippen molar-refractivity contribution in [1.82, 2.24) is 4.98 Å². The van der Waals surface area contributed by atoms with Crippen molar-refractivity contribution in [2.24, 2.45) is 22.6 Å². The minimum Gasteiger partial charge on any atom is -0.462 e. The number of nitrogens with two attached hydrogens (primary N) is 1. The summed E-state index contributed by atoms with van der Waals surface area (Å²) in [5.74, 6) is -2.19. The van der Waals surface area contributed by atoms with Crippen molar-refractivity contribution in [3.63, 3.8) is 0 Å². The van der Waals surface area contributed by atoms with Gasteiger partial charge in [-0.2, -0.15) is 0 Å². The van der Waals surface area contributed by atoms with E-state index in [-0.39, 0.29) is 18.3 Å². The third kappa shape index (κ3) is 2.76. The van der Waals surface area contributed by atoms with Gasteiger partial charge < -0.3 is 14.9 Å². The number of aromatic nitrogens is 1. The van der Waals surface area contributed by atoms with Crippen LogP contribution in [-0.4, -0.2) is 29.1 Å². The van der Waals surface area contributed by atoms with E-state index in [9.17, 15) is 13.2 Å². The lowest BCUT2D eigenvalue weighted by Gasteiger charge is -2.52. The molecule has 1 aromatic carbocycles. The van der Waals surface area contributed by atoms with Crippen LogP contribution in [0.4, 0.5) is 13.2 Å². The molecule has 9 heteroatoms. The van der Waals surface area contributed by atoms with E-state index in [1.54, 1.807) is 18.2 Å². The van der Waals surface area contributed by atoms with Gasteiger partial charge in [-0.25, -0.2) is 23.1 Å². The first-order valence-electron chi connectivity index (χ1n) is 9.31. The summed E-state index contributed by atoms with van der Waals surface area (Å²) in [5.41, 5.74) is 5.28. The van der Waals surface area contributed by atoms with Crippen molar-refractivity contribution in [1.29, 1.82) is 0 Å². The summed E-state index contributed by atoms with van der Waals surface area (Å²) in [6.07, 6.45) is 0.371. The zero-order chi connectivity index (χ0) is 20.3. The summed E-state index contributed by atoms with van der Waals surface area (Å²) in [7, 11) is 0. The van der Waals surface area contributed by atoms with Gasteiger partial charge in [-0.3, -0.25) is 0 Å². The molecule has 152 valence electrons. The molecule has 1 fully saturated rings. The molecule has 5 nitrogen and oxygen atoms in total. The number of fused-ring (bicyclic) bond motifs is 2. The molecule has 2 aromatic rings. The first-order valence-corrected chi connectivity index (χ1v) is 9.69. The normalized spacial score (nSPS) is 31.5. The molecular formula is C20H17ClF3N3O2. The number of allylic oxidation sites excluding steroid dienone is 3. The van der Waals surface area contributed by atoms with Gasteiger partial charge in [-0.15, -0.1) is 0 Å². The lowest BCUT2D eigenvalue weighted by Crippen LogP contribution is -2.62. The van der Waals surface area contributed by atoms with E-state index < -0.39 is 35.7 Å². The standard InChI is InChI=1S/C20H17ClF3N3O2/c21-10-2-5-14-16(8-10)28-17(26-14)9-1-4-13(22)12(7-9)20(18(23)24)11-3-6-15(11)29-19(25)27-20/h1-2,4-5,8,11-12,15,18H,3,6-7H2,(H2,25,27). The monoisotopic (exact) mass is 423 g/mol. The van der Waals surface area contributed by atoms with Gasteiger partial charge in [-0.05, 0) is 37.5 Å². The number of alkyl halides is 2. The molecule has 4 atom stereocenters. The summed E-state index contributed by atoms with van der Waals surface area (Å²) in [6.45, 7) is 0. The number of halogens is 4. The Bertz CT molecular complexity index is 1080. The number of amidine groups is 1. The van der Waals surface area contributed by atoms with Gasteiger partial charge in [0.15, 0.2) is 5.58 Å². The molecule has 1 aliphatic heterocycles. The molecule has 0 bridgehead atoms. The third-order valence-electron chi connectivity index (χ3n) is 6.11. The van der Waals surface area contributed by atoms with E-state index in [1.807, 2.05) is 0 Å². The Hall–Kier alpha value is -2.48. The maximum absolute atomic E-state index is 14.9. The highest BCUT2D eigenvalue weighted by Crippen LogP contribution is 2.54. The fourth-order valence-electron chi connectivity index (χ4n) is 4.55. The number of oxazole rings is 1. The van der Waals surface area contributed by atoms with Gasteiger partial charge in [0.25, 0.3) is 12.4 Å². The fourth-order valence-corrected chi connectivity index (χ4v) is 4.72. The number of hydrogen-bond donors (Lipinski definition) is 1. The van der Waals surface area contributed by atoms with Crippen LogP contribution in [0, 0.1) is 11.8 Å². The summed E-state index contributed by atoms with van der Waals surface area (Å²) >= 11 is 5.98. The number of aliphatic imine (C=N–C) groups is 1. The van der Waals surface area contributed by atoms with Gasteiger partial charge in [0.2, 0.25) is 5.89 Å². The van der Waals surface area contributed by atoms with Crippen LogP contribution in [0.1, 0.15) is 25.2 Å². The van der Waals surface area contributed by atoms with Crippen LogP contribution in [-0.2, 0) is 4.74 Å². The summed E-state index contributed by atoms with van der Waals surface area (Å²) in [6, 6.07) is 4.68. The lowest BCUT2D eigenvalue weighted by atomic mass is 9.61. The van der Waals surface area contributed by atoms with Crippen LogP contribution in [0.3, 0.4) is 0 Å². The van der Waals surface area contributed by atoms with E-state index in [4.69, 9.17) is 26.5 Å². The Balaban J connectivity index is 1.55. The van der Waals surface area contributed by atoms with E-state index in [0.29, 0.717) is 34.5 Å². The van der Waals surface area contributed by atoms with Crippen molar-refractivity contribution in [3.8, 4) is 0 Å². The Morgan fingerprint density at radius 1 is 1.24 bits per heavy atom. The lowest BCUT2D eigenvalue weighted by molar-refractivity contribution is -0.110. The first kappa shape index (κ1) is 18.5. The van der Waals surface area contributed by atoms with E-state index in [2.05, 4.69) is 9.98 Å². The van der Waals surface area contributed by atoms with Crippen molar-refractivity contribution in [3.05, 3.63) is 47.1 Å². The van der Waals surface area contributed by atoms with Crippen LogP contribution in [0.25, 0.3) is 16.7 Å². The maximum atomic E-state index is 14.9. The minimum absolute atomic E-state index is 0.0345. The first-order chi connectivity index (χ1) is 13.9. The molecule has 3 aliphatic rings. The Kier molecular flexibility index (Phi) is 4.17. The van der Waals surface area contributed by atoms with Gasteiger partial charge in [-0.1, -0.05) is 17.7 Å². The predicted molar refractivity (Wildman–Crippen MR) is 102 cm³/mol.